The number of nitrogens with zero attached hydrogens (tertiary/aromatic N) is 2. The summed E-state index contributed by atoms with van der Waals surface area (Å²) in [5, 5.41) is 0. The molecule has 0 fully saturated rings. The van der Waals surface area contributed by atoms with E-state index < -0.39 is 0 Å². The van der Waals surface area contributed by atoms with Gasteiger partial charge in [0.1, 0.15) is 0 Å². The molecule has 98 valence electrons. The van der Waals surface area contributed by atoms with Crippen molar-refractivity contribution in [2.45, 2.75) is 19.0 Å². The molecule has 0 aliphatic carbocycles. The van der Waals surface area contributed by atoms with Crippen LogP contribution >= 0.6 is 0 Å². The lowest BCUT2D eigenvalue weighted by Crippen LogP contribution is -2.38. The SMILES string of the molecule is NCC1c2ccccc2CCN1Cc1ccncc1. The van der Waals surface area contributed by atoms with Gasteiger partial charge in [0, 0.05) is 38.1 Å². The van der Waals surface area contributed by atoms with Crippen LogP contribution in [0, 0.1) is 0 Å². The van der Waals surface area contributed by atoms with Crippen molar-refractivity contribution in [3.05, 3.63) is 65.5 Å². The molecule has 0 spiro atoms. The molecule has 0 amide bonds. The molecule has 1 aliphatic rings. The van der Waals surface area contributed by atoms with E-state index in [9.17, 15) is 0 Å². The number of nitrogens with two attached hydrogens (primary N) is 1. The van der Waals surface area contributed by atoms with Crippen molar-refractivity contribution in [2.24, 2.45) is 5.73 Å². The van der Waals surface area contributed by atoms with Gasteiger partial charge in [0.05, 0.1) is 0 Å². The topological polar surface area (TPSA) is 42.1 Å². The van der Waals surface area contributed by atoms with Crippen LogP contribution in [-0.2, 0) is 13.0 Å². The van der Waals surface area contributed by atoms with Crippen molar-refractivity contribution in [2.75, 3.05) is 13.1 Å². The monoisotopic (exact) mass is 253 g/mol. The third kappa shape index (κ3) is 2.53. The number of benzene rings is 1. The Morgan fingerprint density at radius 2 is 1.95 bits per heavy atom. The lowest BCUT2D eigenvalue weighted by Gasteiger charge is -2.36. The third-order valence-electron chi connectivity index (χ3n) is 3.88. The van der Waals surface area contributed by atoms with E-state index in [0.29, 0.717) is 12.6 Å². The molecule has 1 aliphatic heterocycles. The molecule has 19 heavy (non-hydrogen) atoms. The average Bonchev–Trinajstić information content (AvgIpc) is 2.48. The van der Waals surface area contributed by atoms with E-state index in [2.05, 4.69) is 46.3 Å². The van der Waals surface area contributed by atoms with Crippen LogP contribution in [0.25, 0.3) is 0 Å². The Morgan fingerprint density at radius 3 is 2.74 bits per heavy atom. The summed E-state index contributed by atoms with van der Waals surface area (Å²) >= 11 is 0. The standard InChI is InChI=1S/C16H19N3/c17-11-16-15-4-2-1-3-14(15)7-10-19(16)12-13-5-8-18-9-6-13/h1-6,8-9,16H,7,10-12,17H2. The predicted octanol–water partition coefficient (Wildman–Crippen LogP) is 2.14. The second-order valence-corrected chi connectivity index (χ2v) is 5.03. The molecule has 0 saturated heterocycles. The van der Waals surface area contributed by atoms with Crippen LogP contribution in [0.5, 0.6) is 0 Å². The van der Waals surface area contributed by atoms with Gasteiger partial charge in [0.15, 0.2) is 0 Å². The Morgan fingerprint density at radius 1 is 1.16 bits per heavy atom. The molecular formula is C16H19N3. The van der Waals surface area contributed by atoms with Crippen LogP contribution in [0.4, 0.5) is 0 Å². The van der Waals surface area contributed by atoms with E-state index in [4.69, 9.17) is 5.73 Å². The summed E-state index contributed by atoms with van der Waals surface area (Å²) in [6.45, 7) is 2.68. The summed E-state index contributed by atoms with van der Waals surface area (Å²) in [5.41, 5.74) is 10.1. The Balaban J connectivity index is 1.84. The van der Waals surface area contributed by atoms with Crippen molar-refractivity contribution >= 4 is 0 Å². The molecule has 3 heteroatoms. The summed E-state index contributed by atoms with van der Waals surface area (Å²) < 4.78 is 0. The zero-order valence-electron chi connectivity index (χ0n) is 11.0. The number of hydrogen-bond donors (Lipinski definition) is 1. The molecule has 2 heterocycles. The summed E-state index contributed by atoms with van der Waals surface area (Å²) in [6.07, 6.45) is 4.81. The average molecular weight is 253 g/mol. The molecule has 3 rings (SSSR count). The van der Waals surface area contributed by atoms with Crippen molar-refractivity contribution in [3.8, 4) is 0 Å². The van der Waals surface area contributed by atoms with E-state index >= 15 is 0 Å². The van der Waals surface area contributed by atoms with Crippen molar-refractivity contribution < 1.29 is 0 Å². The summed E-state index contributed by atoms with van der Waals surface area (Å²) in [6, 6.07) is 13.1. The predicted molar refractivity (Wildman–Crippen MR) is 76.6 cm³/mol. The zero-order valence-corrected chi connectivity index (χ0v) is 11.0. The Kier molecular flexibility index (Phi) is 3.58. The fourth-order valence-electron chi connectivity index (χ4n) is 2.89. The Labute approximate surface area is 114 Å². The number of pyridine rings is 1. The van der Waals surface area contributed by atoms with Gasteiger partial charge in [0.2, 0.25) is 0 Å². The molecule has 0 bridgehead atoms. The van der Waals surface area contributed by atoms with E-state index in [1.807, 2.05) is 12.4 Å². The van der Waals surface area contributed by atoms with E-state index in [1.54, 1.807) is 0 Å². The lowest BCUT2D eigenvalue weighted by molar-refractivity contribution is 0.181. The molecule has 0 radical (unpaired) electrons. The van der Waals surface area contributed by atoms with E-state index in [0.717, 1.165) is 19.5 Å². The molecule has 1 unspecified atom stereocenters. The first-order valence-corrected chi connectivity index (χ1v) is 6.79. The second-order valence-electron chi connectivity index (χ2n) is 5.03. The van der Waals surface area contributed by atoms with Gasteiger partial charge >= 0.3 is 0 Å². The normalized spacial score (nSPS) is 19.1. The molecule has 3 nitrogen and oxygen atoms in total. The largest absolute Gasteiger partial charge is 0.329 e. The first kappa shape index (κ1) is 12.3. The highest BCUT2D eigenvalue weighted by atomic mass is 15.2. The van der Waals surface area contributed by atoms with Crippen molar-refractivity contribution in [3.63, 3.8) is 0 Å². The highest BCUT2D eigenvalue weighted by molar-refractivity contribution is 5.33. The van der Waals surface area contributed by atoms with Gasteiger partial charge in [0.25, 0.3) is 0 Å². The van der Waals surface area contributed by atoms with E-state index in [-0.39, 0.29) is 0 Å². The minimum absolute atomic E-state index is 0.332. The molecular weight excluding hydrogens is 234 g/mol. The summed E-state index contributed by atoms with van der Waals surface area (Å²) in [4.78, 5) is 6.54. The highest BCUT2D eigenvalue weighted by Crippen LogP contribution is 2.29. The molecule has 1 aromatic heterocycles. The molecule has 0 saturated carbocycles. The maximum absolute atomic E-state index is 6.01. The minimum Gasteiger partial charge on any atom is -0.329 e. The van der Waals surface area contributed by atoms with Gasteiger partial charge in [-0.2, -0.15) is 0 Å². The first-order valence-electron chi connectivity index (χ1n) is 6.79. The van der Waals surface area contributed by atoms with Gasteiger partial charge < -0.3 is 5.73 Å². The highest BCUT2D eigenvalue weighted by Gasteiger charge is 2.25. The van der Waals surface area contributed by atoms with Crippen molar-refractivity contribution in [1.29, 1.82) is 0 Å². The molecule has 2 N–H and O–H groups in total. The number of fused-ring (bicyclic) bond motifs is 1. The second kappa shape index (κ2) is 5.51. The zero-order chi connectivity index (χ0) is 13.1. The van der Waals surface area contributed by atoms with Gasteiger partial charge in [-0.05, 0) is 35.2 Å². The smallest absolute Gasteiger partial charge is 0.0476 e. The molecule has 1 atom stereocenters. The van der Waals surface area contributed by atoms with Crippen LogP contribution in [0.2, 0.25) is 0 Å². The van der Waals surface area contributed by atoms with Crippen LogP contribution in [0.15, 0.2) is 48.8 Å². The Bertz CT molecular complexity index is 539. The minimum atomic E-state index is 0.332. The molecule has 1 aromatic carbocycles. The maximum atomic E-state index is 6.01. The van der Waals surface area contributed by atoms with Crippen LogP contribution in [0.3, 0.4) is 0 Å². The first-order chi connectivity index (χ1) is 9.38. The fraction of sp³-hybridized carbons (Fsp3) is 0.312. The number of hydrogen-bond acceptors (Lipinski definition) is 3. The molecule has 2 aromatic rings. The van der Waals surface area contributed by atoms with E-state index in [1.165, 1.54) is 16.7 Å². The maximum Gasteiger partial charge on any atom is 0.0476 e. The number of rotatable bonds is 3. The van der Waals surface area contributed by atoms with Crippen LogP contribution < -0.4 is 5.73 Å². The van der Waals surface area contributed by atoms with Gasteiger partial charge in [-0.25, -0.2) is 0 Å². The van der Waals surface area contributed by atoms with Gasteiger partial charge in [-0.3, -0.25) is 9.88 Å². The van der Waals surface area contributed by atoms with Crippen molar-refractivity contribution in [1.82, 2.24) is 9.88 Å². The van der Waals surface area contributed by atoms with Gasteiger partial charge in [-0.1, -0.05) is 24.3 Å². The Hall–Kier alpha value is -1.71. The fourth-order valence-corrected chi connectivity index (χ4v) is 2.89. The quantitative estimate of drug-likeness (QED) is 0.911. The van der Waals surface area contributed by atoms with Gasteiger partial charge in [-0.15, -0.1) is 0 Å². The third-order valence-corrected chi connectivity index (χ3v) is 3.88. The summed E-state index contributed by atoms with van der Waals surface area (Å²) in [5.74, 6) is 0. The van der Waals surface area contributed by atoms with Crippen LogP contribution in [0.1, 0.15) is 22.7 Å². The summed E-state index contributed by atoms with van der Waals surface area (Å²) in [7, 11) is 0. The van der Waals surface area contributed by atoms with Crippen LogP contribution in [-0.4, -0.2) is 23.0 Å². The lowest BCUT2D eigenvalue weighted by atomic mass is 9.92. The number of aromatic nitrogens is 1.